The maximum atomic E-state index is 13.0. The van der Waals surface area contributed by atoms with E-state index in [1.165, 1.54) is 7.11 Å². The normalized spacial score (nSPS) is 30.3. The van der Waals surface area contributed by atoms with Crippen molar-refractivity contribution in [3.8, 4) is 5.75 Å². The van der Waals surface area contributed by atoms with Gasteiger partial charge in [0.25, 0.3) is 0 Å². The first kappa shape index (κ1) is 21.2. The number of ether oxygens (including phenoxy) is 2. The highest BCUT2D eigenvalue weighted by Gasteiger charge is 2.77. The maximum absolute atomic E-state index is 13.0. The molecule has 32 heavy (non-hydrogen) atoms. The zero-order valence-corrected chi connectivity index (χ0v) is 19.2. The number of aryl methyl sites for hydroxylation is 1. The van der Waals surface area contributed by atoms with Crippen LogP contribution in [0, 0.1) is 12.8 Å². The van der Waals surface area contributed by atoms with Crippen LogP contribution in [0.4, 0.5) is 0 Å². The average molecular weight is 495 g/mol. The van der Waals surface area contributed by atoms with Gasteiger partial charge in [0.1, 0.15) is 11.9 Å². The quantitative estimate of drug-likeness (QED) is 0.534. The number of benzene rings is 3. The fraction of sp³-hybridized carbons (Fsp3) is 0.269. The Labute approximate surface area is 194 Å². The van der Waals surface area contributed by atoms with Crippen molar-refractivity contribution >= 4 is 21.9 Å². The Balaban J connectivity index is 1.87. The maximum Gasteiger partial charge on any atom is 0.312 e. The summed E-state index contributed by atoms with van der Waals surface area (Å²) in [5.41, 5.74) is -0.451. The summed E-state index contributed by atoms with van der Waals surface area (Å²) < 4.78 is 12.6. The number of halogens is 1. The number of esters is 1. The molecule has 164 valence electrons. The van der Waals surface area contributed by atoms with Gasteiger partial charge >= 0.3 is 5.97 Å². The van der Waals surface area contributed by atoms with Crippen LogP contribution in [0.25, 0.3) is 0 Å². The Hall–Kier alpha value is -2.67. The number of methoxy groups -OCH3 is 1. The third kappa shape index (κ3) is 2.66. The number of carbonyl (C=O) groups is 1. The minimum absolute atomic E-state index is 0.464. The number of rotatable bonds is 3. The van der Waals surface area contributed by atoms with Gasteiger partial charge in [-0.3, -0.25) is 4.79 Å². The van der Waals surface area contributed by atoms with Gasteiger partial charge in [-0.25, -0.2) is 0 Å². The molecule has 2 aliphatic rings. The van der Waals surface area contributed by atoms with Gasteiger partial charge in [0.05, 0.1) is 13.0 Å². The van der Waals surface area contributed by atoms with Crippen LogP contribution in [0.1, 0.15) is 28.2 Å². The summed E-state index contributed by atoms with van der Waals surface area (Å²) in [6.45, 7) is 1.94. The van der Waals surface area contributed by atoms with Crippen LogP contribution in [0.15, 0.2) is 77.3 Å². The second-order valence-electron chi connectivity index (χ2n) is 8.49. The standard InChI is InChI=1S/C26H23BrO5/c1-15-8-13-19-20(14-15)32-26(17-9-11-18(27)12-10-17)22(16-6-4-3-5-7-16)21(24(29)31-2)23(28)25(19,26)30/h3-14,21-23,28,30H,1-2H3/t21-,22-,23-,25+,26+/m1/s1. The molecule has 0 saturated heterocycles. The molecule has 0 amide bonds. The molecular weight excluding hydrogens is 472 g/mol. The second-order valence-corrected chi connectivity index (χ2v) is 9.41. The lowest BCUT2D eigenvalue weighted by atomic mass is 9.71. The monoisotopic (exact) mass is 494 g/mol. The first-order valence-corrected chi connectivity index (χ1v) is 11.2. The molecule has 1 fully saturated rings. The van der Waals surface area contributed by atoms with Gasteiger partial charge in [0.2, 0.25) is 0 Å². The van der Waals surface area contributed by atoms with Crippen molar-refractivity contribution < 1.29 is 24.5 Å². The van der Waals surface area contributed by atoms with E-state index in [0.29, 0.717) is 16.9 Å². The van der Waals surface area contributed by atoms with E-state index in [9.17, 15) is 15.0 Å². The molecule has 3 aromatic carbocycles. The van der Waals surface area contributed by atoms with Gasteiger partial charge in [-0.1, -0.05) is 70.5 Å². The predicted octanol–water partition coefficient (Wildman–Crippen LogP) is 4.18. The largest absolute Gasteiger partial charge is 0.478 e. The summed E-state index contributed by atoms with van der Waals surface area (Å²) in [7, 11) is 1.29. The molecule has 0 spiro atoms. The highest BCUT2D eigenvalue weighted by Crippen LogP contribution is 2.68. The lowest BCUT2D eigenvalue weighted by Gasteiger charge is -2.40. The summed E-state index contributed by atoms with van der Waals surface area (Å²) >= 11 is 3.47. The van der Waals surface area contributed by atoms with Crippen LogP contribution >= 0.6 is 15.9 Å². The molecule has 5 nitrogen and oxygen atoms in total. The molecule has 1 heterocycles. The fourth-order valence-corrected chi connectivity index (χ4v) is 5.78. The van der Waals surface area contributed by atoms with Crippen LogP contribution in [0.3, 0.4) is 0 Å². The van der Waals surface area contributed by atoms with Gasteiger partial charge in [0.15, 0.2) is 11.2 Å². The molecule has 0 unspecified atom stereocenters. The molecule has 1 aliphatic carbocycles. The topological polar surface area (TPSA) is 76.0 Å². The molecule has 5 atom stereocenters. The molecule has 1 saturated carbocycles. The summed E-state index contributed by atoms with van der Waals surface area (Å²) in [4.78, 5) is 13.0. The summed E-state index contributed by atoms with van der Waals surface area (Å²) in [6, 6.07) is 22.3. The minimum Gasteiger partial charge on any atom is -0.478 e. The van der Waals surface area contributed by atoms with Crippen LogP contribution in [-0.4, -0.2) is 29.4 Å². The lowest BCUT2D eigenvalue weighted by Crippen LogP contribution is -2.52. The number of aliphatic hydroxyl groups is 2. The van der Waals surface area contributed by atoms with Gasteiger partial charge in [-0.15, -0.1) is 0 Å². The van der Waals surface area contributed by atoms with E-state index in [1.54, 1.807) is 6.07 Å². The summed E-state index contributed by atoms with van der Waals surface area (Å²) in [5.74, 6) is -1.84. The van der Waals surface area contributed by atoms with Gasteiger partial charge in [-0.2, -0.15) is 0 Å². The molecule has 3 aromatic rings. The first-order valence-electron chi connectivity index (χ1n) is 10.4. The smallest absolute Gasteiger partial charge is 0.312 e. The molecule has 0 bridgehead atoms. The molecule has 2 N–H and O–H groups in total. The van der Waals surface area contributed by atoms with E-state index in [0.717, 1.165) is 15.6 Å². The molecule has 1 aliphatic heterocycles. The number of hydrogen-bond acceptors (Lipinski definition) is 5. The number of aliphatic hydroxyl groups excluding tert-OH is 1. The molecule has 0 aromatic heterocycles. The van der Waals surface area contributed by atoms with Crippen LogP contribution < -0.4 is 4.74 Å². The Morgan fingerprint density at radius 1 is 1.06 bits per heavy atom. The van der Waals surface area contributed by atoms with Crippen molar-refractivity contribution in [2.45, 2.75) is 30.1 Å². The number of fused-ring (bicyclic) bond motifs is 3. The van der Waals surface area contributed by atoms with Crippen molar-refractivity contribution in [3.05, 3.63) is 99.5 Å². The average Bonchev–Trinajstić information content (AvgIpc) is 3.17. The van der Waals surface area contributed by atoms with E-state index < -0.39 is 35.1 Å². The van der Waals surface area contributed by atoms with Crippen LogP contribution in [0.2, 0.25) is 0 Å². The number of hydrogen-bond donors (Lipinski definition) is 2. The van der Waals surface area contributed by atoms with E-state index in [2.05, 4.69) is 15.9 Å². The molecular formula is C26H23BrO5. The molecule has 6 heteroatoms. The zero-order chi connectivity index (χ0) is 22.7. The van der Waals surface area contributed by atoms with Crippen molar-refractivity contribution in [2.75, 3.05) is 7.11 Å². The first-order chi connectivity index (χ1) is 15.3. The van der Waals surface area contributed by atoms with E-state index in [-0.39, 0.29) is 0 Å². The van der Waals surface area contributed by atoms with E-state index in [4.69, 9.17) is 9.47 Å². The second kappa shape index (κ2) is 7.44. The Kier molecular flexibility index (Phi) is 4.93. The highest BCUT2D eigenvalue weighted by molar-refractivity contribution is 9.10. The Morgan fingerprint density at radius 3 is 2.41 bits per heavy atom. The molecule has 5 rings (SSSR count). The Morgan fingerprint density at radius 2 is 1.75 bits per heavy atom. The summed E-state index contributed by atoms with van der Waals surface area (Å²) in [5, 5.41) is 24.0. The predicted molar refractivity (Wildman–Crippen MR) is 122 cm³/mol. The van der Waals surface area contributed by atoms with Crippen molar-refractivity contribution in [1.29, 1.82) is 0 Å². The summed E-state index contributed by atoms with van der Waals surface area (Å²) in [6.07, 6.45) is -1.45. The van der Waals surface area contributed by atoms with Gasteiger partial charge in [-0.05, 0) is 41.8 Å². The van der Waals surface area contributed by atoms with Crippen molar-refractivity contribution in [1.82, 2.24) is 0 Å². The third-order valence-corrected chi connectivity index (χ3v) is 7.38. The zero-order valence-electron chi connectivity index (χ0n) is 17.7. The SMILES string of the molecule is COC(=O)[C@H]1[C@@H](O)[C@@]2(O)c3ccc(C)cc3O[C@@]2(c2ccc(Br)cc2)[C@@H]1c1ccccc1. The fourth-order valence-electron chi connectivity index (χ4n) is 5.51. The van der Waals surface area contributed by atoms with E-state index in [1.807, 2.05) is 73.7 Å². The van der Waals surface area contributed by atoms with E-state index >= 15 is 0 Å². The van der Waals surface area contributed by atoms with Crippen LogP contribution in [-0.2, 0) is 20.7 Å². The lowest BCUT2D eigenvalue weighted by molar-refractivity contribution is -0.161. The minimum atomic E-state index is -1.87. The molecule has 0 radical (unpaired) electrons. The van der Waals surface area contributed by atoms with Crippen LogP contribution in [0.5, 0.6) is 5.75 Å². The Bertz CT molecular complexity index is 1180. The third-order valence-electron chi connectivity index (χ3n) is 6.86. The van der Waals surface area contributed by atoms with Crippen molar-refractivity contribution in [2.24, 2.45) is 5.92 Å². The van der Waals surface area contributed by atoms with Gasteiger partial charge < -0.3 is 19.7 Å². The van der Waals surface area contributed by atoms with Crippen molar-refractivity contribution in [3.63, 3.8) is 0 Å². The van der Waals surface area contributed by atoms with Gasteiger partial charge in [0, 0.05) is 16.0 Å². The highest BCUT2D eigenvalue weighted by atomic mass is 79.9. The number of carbonyl (C=O) groups excluding carboxylic acids is 1.